The summed E-state index contributed by atoms with van der Waals surface area (Å²) in [7, 11) is 0. The number of anilines is 1. The summed E-state index contributed by atoms with van der Waals surface area (Å²) in [4.78, 5) is 13.8. The lowest BCUT2D eigenvalue weighted by Crippen LogP contribution is -2.15. The van der Waals surface area contributed by atoms with Crippen LogP contribution in [0.2, 0.25) is 0 Å². The van der Waals surface area contributed by atoms with E-state index in [2.05, 4.69) is 24.3 Å². The predicted molar refractivity (Wildman–Crippen MR) is 104 cm³/mol. The number of nitrogens with zero attached hydrogens (tertiary/aromatic N) is 2. The Morgan fingerprint density at radius 3 is 2.56 bits per heavy atom. The molecule has 0 unspecified atom stereocenters. The van der Waals surface area contributed by atoms with Gasteiger partial charge in [0, 0.05) is 21.8 Å². The third-order valence-corrected chi connectivity index (χ3v) is 4.54. The number of hydrogen-bond donors (Lipinski definition) is 1. The molecule has 1 N–H and O–H groups in total. The first-order valence-corrected chi connectivity index (χ1v) is 9.11. The highest BCUT2D eigenvalue weighted by atomic mass is 32.2. The lowest BCUT2D eigenvalue weighted by Gasteiger charge is -2.10. The van der Waals surface area contributed by atoms with Crippen LogP contribution in [0.4, 0.5) is 5.82 Å². The van der Waals surface area contributed by atoms with Crippen molar-refractivity contribution < 1.29 is 4.79 Å². The SMILES string of the molecule is Cc1cc(NC(=O)c2cccc(SC(C)C)c2)n(-c2ccccc2)n1. The molecule has 4 nitrogen and oxygen atoms in total. The molecule has 128 valence electrons. The third-order valence-electron chi connectivity index (χ3n) is 3.54. The summed E-state index contributed by atoms with van der Waals surface area (Å²) < 4.78 is 1.75. The molecule has 0 saturated heterocycles. The van der Waals surface area contributed by atoms with Crippen molar-refractivity contribution in [3.63, 3.8) is 0 Å². The van der Waals surface area contributed by atoms with Gasteiger partial charge in [0.15, 0.2) is 0 Å². The normalized spacial score (nSPS) is 10.9. The number of aromatic nitrogens is 2. The van der Waals surface area contributed by atoms with Crippen LogP contribution in [-0.4, -0.2) is 20.9 Å². The number of thioether (sulfide) groups is 1. The van der Waals surface area contributed by atoms with Crippen LogP contribution in [0.3, 0.4) is 0 Å². The smallest absolute Gasteiger partial charge is 0.256 e. The van der Waals surface area contributed by atoms with E-state index >= 15 is 0 Å². The maximum absolute atomic E-state index is 12.7. The maximum atomic E-state index is 12.7. The molecule has 0 atom stereocenters. The van der Waals surface area contributed by atoms with Crippen molar-refractivity contribution in [3.8, 4) is 5.69 Å². The largest absolute Gasteiger partial charge is 0.306 e. The van der Waals surface area contributed by atoms with E-state index in [-0.39, 0.29) is 5.91 Å². The topological polar surface area (TPSA) is 46.9 Å². The van der Waals surface area contributed by atoms with Gasteiger partial charge >= 0.3 is 0 Å². The first kappa shape index (κ1) is 17.3. The molecule has 0 aliphatic carbocycles. The van der Waals surface area contributed by atoms with Crippen LogP contribution in [0.1, 0.15) is 29.9 Å². The van der Waals surface area contributed by atoms with E-state index in [0.717, 1.165) is 16.3 Å². The maximum Gasteiger partial charge on any atom is 0.256 e. The fourth-order valence-corrected chi connectivity index (χ4v) is 3.42. The lowest BCUT2D eigenvalue weighted by atomic mass is 10.2. The molecule has 0 saturated carbocycles. The molecular weight excluding hydrogens is 330 g/mol. The number of amides is 1. The number of benzene rings is 2. The first-order chi connectivity index (χ1) is 12.0. The highest BCUT2D eigenvalue weighted by Crippen LogP contribution is 2.24. The van der Waals surface area contributed by atoms with Gasteiger partial charge in [-0.25, -0.2) is 4.68 Å². The minimum atomic E-state index is -0.136. The zero-order valence-electron chi connectivity index (χ0n) is 14.6. The van der Waals surface area contributed by atoms with Gasteiger partial charge in [0.05, 0.1) is 11.4 Å². The summed E-state index contributed by atoms with van der Waals surface area (Å²) in [5.74, 6) is 0.527. The molecule has 0 spiro atoms. The molecule has 5 heteroatoms. The Morgan fingerprint density at radius 2 is 1.84 bits per heavy atom. The quantitative estimate of drug-likeness (QED) is 0.663. The van der Waals surface area contributed by atoms with E-state index < -0.39 is 0 Å². The molecular formula is C20H21N3OS. The molecule has 0 bridgehead atoms. The highest BCUT2D eigenvalue weighted by molar-refractivity contribution is 7.99. The fraction of sp³-hybridized carbons (Fsp3) is 0.200. The van der Waals surface area contributed by atoms with E-state index in [4.69, 9.17) is 0 Å². The van der Waals surface area contributed by atoms with Crippen LogP contribution < -0.4 is 5.32 Å². The fourth-order valence-electron chi connectivity index (χ4n) is 2.53. The standard InChI is InChI=1S/C20H21N3OS/c1-14(2)25-18-11-7-8-16(13-18)20(24)21-19-12-15(3)22-23(19)17-9-5-4-6-10-17/h4-14H,1-3H3,(H,21,24). The Bertz CT molecular complexity index is 872. The molecule has 0 fully saturated rings. The average molecular weight is 351 g/mol. The monoisotopic (exact) mass is 351 g/mol. The molecule has 3 aromatic rings. The second kappa shape index (κ2) is 7.57. The molecule has 1 amide bonds. The van der Waals surface area contributed by atoms with Gasteiger partial charge in [-0.2, -0.15) is 5.10 Å². The van der Waals surface area contributed by atoms with E-state index in [0.29, 0.717) is 16.6 Å². The number of hydrogen-bond acceptors (Lipinski definition) is 3. The Balaban J connectivity index is 1.85. The summed E-state index contributed by atoms with van der Waals surface area (Å²) in [6, 6.07) is 19.3. The van der Waals surface area contributed by atoms with Crippen LogP contribution in [0, 0.1) is 6.92 Å². The third kappa shape index (κ3) is 4.31. The number of aryl methyl sites for hydroxylation is 1. The minimum absolute atomic E-state index is 0.136. The van der Waals surface area contributed by atoms with Gasteiger partial charge in [0.1, 0.15) is 5.82 Å². The number of nitrogens with one attached hydrogen (secondary N) is 1. The summed E-state index contributed by atoms with van der Waals surface area (Å²) >= 11 is 1.74. The van der Waals surface area contributed by atoms with Crippen LogP contribution in [-0.2, 0) is 0 Å². The molecule has 0 aliphatic heterocycles. The summed E-state index contributed by atoms with van der Waals surface area (Å²) in [6.45, 7) is 6.19. The van der Waals surface area contributed by atoms with Gasteiger partial charge < -0.3 is 5.32 Å². The van der Waals surface area contributed by atoms with E-state index in [1.807, 2.05) is 67.6 Å². The molecule has 1 aromatic heterocycles. The zero-order valence-corrected chi connectivity index (χ0v) is 15.4. The average Bonchev–Trinajstić information content (AvgIpc) is 2.95. The molecule has 2 aromatic carbocycles. The summed E-state index contributed by atoms with van der Waals surface area (Å²) in [6.07, 6.45) is 0. The summed E-state index contributed by atoms with van der Waals surface area (Å²) in [5, 5.41) is 7.93. The minimum Gasteiger partial charge on any atom is -0.306 e. The molecule has 1 heterocycles. The molecule has 0 aliphatic rings. The zero-order chi connectivity index (χ0) is 17.8. The molecule has 3 rings (SSSR count). The van der Waals surface area contributed by atoms with Crippen molar-refractivity contribution in [2.75, 3.05) is 5.32 Å². The molecule has 25 heavy (non-hydrogen) atoms. The van der Waals surface area contributed by atoms with Gasteiger partial charge in [0.25, 0.3) is 5.91 Å². The lowest BCUT2D eigenvalue weighted by molar-refractivity contribution is 0.102. The van der Waals surface area contributed by atoms with Gasteiger partial charge in [-0.05, 0) is 37.3 Å². The van der Waals surface area contributed by atoms with E-state index in [1.54, 1.807) is 16.4 Å². The first-order valence-electron chi connectivity index (χ1n) is 8.23. The Labute approximate surface area is 152 Å². The van der Waals surface area contributed by atoms with Gasteiger partial charge in [-0.15, -0.1) is 11.8 Å². The number of rotatable bonds is 5. The predicted octanol–water partition coefficient (Wildman–Crippen LogP) is 4.93. The van der Waals surface area contributed by atoms with Crippen LogP contribution >= 0.6 is 11.8 Å². The van der Waals surface area contributed by atoms with Crippen molar-refractivity contribution in [2.45, 2.75) is 30.9 Å². The highest BCUT2D eigenvalue weighted by Gasteiger charge is 2.13. The number of carbonyl (C=O) groups is 1. The number of para-hydroxylation sites is 1. The van der Waals surface area contributed by atoms with Gasteiger partial charge in [-0.3, -0.25) is 4.79 Å². The van der Waals surface area contributed by atoms with Crippen molar-refractivity contribution in [2.24, 2.45) is 0 Å². The Kier molecular flexibility index (Phi) is 5.24. The van der Waals surface area contributed by atoms with Gasteiger partial charge in [-0.1, -0.05) is 38.1 Å². The van der Waals surface area contributed by atoms with Crippen molar-refractivity contribution in [3.05, 3.63) is 71.9 Å². The van der Waals surface area contributed by atoms with E-state index in [9.17, 15) is 4.79 Å². The van der Waals surface area contributed by atoms with Crippen molar-refractivity contribution in [1.29, 1.82) is 0 Å². The van der Waals surface area contributed by atoms with Crippen LogP contribution in [0.25, 0.3) is 5.69 Å². The summed E-state index contributed by atoms with van der Waals surface area (Å²) in [5.41, 5.74) is 2.40. The second-order valence-electron chi connectivity index (χ2n) is 6.07. The van der Waals surface area contributed by atoms with Crippen LogP contribution in [0.15, 0.2) is 65.6 Å². The van der Waals surface area contributed by atoms with Crippen LogP contribution in [0.5, 0.6) is 0 Å². The Hall–Kier alpha value is -2.53. The van der Waals surface area contributed by atoms with Gasteiger partial charge in [0.2, 0.25) is 0 Å². The van der Waals surface area contributed by atoms with Crippen molar-refractivity contribution in [1.82, 2.24) is 9.78 Å². The van der Waals surface area contributed by atoms with Crippen molar-refractivity contribution >= 4 is 23.5 Å². The number of carbonyl (C=O) groups excluding carboxylic acids is 1. The molecule has 0 radical (unpaired) electrons. The Morgan fingerprint density at radius 1 is 1.08 bits per heavy atom. The second-order valence-corrected chi connectivity index (χ2v) is 7.72. The van der Waals surface area contributed by atoms with E-state index in [1.165, 1.54) is 0 Å².